The van der Waals surface area contributed by atoms with Crippen LogP contribution in [0.4, 0.5) is 0 Å². The number of rotatable bonds is 10. The summed E-state index contributed by atoms with van der Waals surface area (Å²) < 4.78 is 33.8. The van der Waals surface area contributed by atoms with Gasteiger partial charge in [0.1, 0.15) is 0 Å². The van der Waals surface area contributed by atoms with Crippen LogP contribution in [-0.2, 0) is 41.4 Å². The minimum atomic E-state index is -4.26. The molecule has 2 amide bonds. The lowest BCUT2D eigenvalue weighted by molar-refractivity contribution is -0.172. The topological polar surface area (TPSA) is 117 Å². The highest BCUT2D eigenvalue weighted by Crippen LogP contribution is 2.17. The second-order valence-electron chi connectivity index (χ2n) is 7.29. The minimum absolute atomic E-state index is 0.112. The van der Waals surface area contributed by atoms with Crippen LogP contribution in [-0.4, -0.2) is 68.6 Å². The molecule has 0 aliphatic carbocycles. The van der Waals surface area contributed by atoms with Crippen LogP contribution >= 0.6 is 22.7 Å². The Bertz CT molecular complexity index is 909. The molecule has 0 spiro atoms. The zero-order chi connectivity index (χ0) is 21.8. The maximum Gasteiger partial charge on any atom is 0.432 e. The molecule has 168 valence electrons. The fourth-order valence-electron chi connectivity index (χ4n) is 3.15. The molecule has 2 saturated heterocycles. The molecule has 2 fully saturated rings. The van der Waals surface area contributed by atoms with Gasteiger partial charge < -0.3 is 10.6 Å². The number of hydroxylamine groups is 4. The molecule has 0 bridgehead atoms. The predicted octanol–water partition coefficient (Wildman–Crippen LogP) is 0.304. The van der Waals surface area contributed by atoms with Gasteiger partial charge in [-0.15, -0.1) is 22.7 Å². The van der Waals surface area contributed by atoms with E-state index in [9.17, 15) is 18.0 Å². The van der Waals surface area contributed by atoms with E-state index in [0.717, 1.165) is 9.75 Å². The molecular weight excluding hydrogens is 464 g/mol. The third-order valence-corrected chi connectivity index (χ3v) is 7.19. The molecule has 0 radical (unpaired) electrons. The normalized spacial score (nSPS) is 18.3. The zero-order valence-electron chi connectivity index (χ0n) is 16.4. The monoisotopic (exact) mass is 486 g/mol. The molecule has 2 aliphatic rings. The zero-order valence-corrected chi connectivity index (χ0v) is 18.9. The maximum absolute atomic E-state index is 12.0. The van der Waals surface area contributed by atoms with Crippen molar-refractivity contribution in [3.8, 4) is 0 Å². The average Bonchev–Trinajstić information content (AvgIpc) is 3.31. The smallest absolute Gasteiger partial charge is 0.350 e. The molecule has 4 rings (SSSR count). The third-order valence-electron chi connectivity index (χ3n) is 4.65. The van der Waals surface area contributed by atoms with E-state index in [0.29, 0.717) is 12.8 Å². The van der Waals surface area contributed by atoms with E-state index in [1.807, 2.05) is 35.0 Å². The first-order chi connectivity index (χ1) is 14.8. The molecule has 0 saturated carbocycles. The van der Waals surface area contributed by atoms with E-state index in [4.69, 9.17) is 8.57 Å². The van der Waals surface area contributed by atoms with Crippen LogP contribution in [0.25, 0.3) is 0 Å². The highest BCUT2D eigenvalue weighted by molar-refractivity contribution is 7.81. The number of nitrogens with one attached hydrogen (secondary N) is 2. The SMILES string of the molecule is O=C(Cc1cccs1)NC1CN(OS(=O)(=O)ON2CC(NC(=O)Cc3cccs3)C2)C1. The summed E-state index contributed by atoms with van der Waals surface area (Å²) in [5.41, 5.74) is 0. The van der Waals surface area contributed by atoms with E-state index in [1.54, 1.807) is 0 Å². The highest BCUT2D eigenvalue weighted by atomic mass is 32.3. The first kappa shape index (κ1) is 22.3. The average molecular weight is 487 g/mol. The summed E-state index contributed by atoms with van der Waals surface area (Å²) in [4.78, 5) is 25.8. The van der Waals surface area contributed by atoms with Crippen LogP contribution in [0.5, 0.6) is 0 Å². The molecular formula is C18H22N4O6S3. The second kappa shape index (κ2) is 9.73. The van der Waals surface area contributed by atoms with E-state index < -0.39 is 10.4 Å². The van der Waals surface area contributed by atoms with Gasteiger partial charge in [0.25, 0.3) is 0 Å². The van der Waals surface area contributed by atoms with Crippen molar-refractivity contribution in [2.75, 3.05) is 26.2 Å². The summed E-state index contributed by atoms with van der Waals surface area (Å²) in [6, 6.07) is 7.21. The number of thiophene rings is 2. The summed E-state index contributed by atoms with van der Waals surface area (Å²) >= 11 is 3.02. The predicted molar refractivity (Wildman–Crippen MR) is 114 cm³/mol. The van der Waals surface area contributed by atoms with Gasteiger partial charge in [-0.3, -0.25) is 9.59 Å². The van der Waals surface area contributed by atoms with Crippen molar-refractivity contribution in [1.82, 2.24) is 20.8 Å². The van der Waals surface area contributed by atoms with Gasteiger partial charge in [-0.05, 0) is 22.9 Å². The second-order valence-corrected chi connectivity index (χ2v) is 10.5. The van der Waals surface area contributed by atoms with Crippen molar-refractivity contribution in [1.29, 1.82) is 0 Å². The van der Waals surface area contributed by atoms with Crippen molar-refractivity contribution < 1.29 is 26.6 Å². The number of carbonyl (C=O) groups is 2. The van der Waals surface area contributed by atoms with Gasteiger partial charge in [-0.25, -0.2) is 0 Å². The quantitative estimate of drug-likeness (QED) is 0.493. The van der Waals surface area contributed by atoms with Crippen LogP contribution in [0.2, 0.25) is 0 Å². The minimum Gasteiger partial charge on any atom is -0.350 e. The van der Waals surface area contributed by atoms with E-state index in [2.05, 4.69) is 10.6 Å². The summed E-state index contributed by atoms with van der Waals surface area (Å²) in [5.74, 6) is -0.224. The Morgan fingerprint density at radius 1 is 0.871 bits per heavy atom. The fourth-order valence-corrected chi connectivity index (χ4v) is 5.35. The van der Waals surface area contributed by atoms with Crippen molar-refractivity contribution >= 4 is 44.9 Å². The molecule has 10 nitrogen and oxygen atoms in total. The van der Waals surface area contributed by atoms with Gasteiger partial charge in [0, 0.05) is 35.9 Å². The van der Waals surface area contributed by atoms with Crippen LogP contribution < -0.4 is 10.6 Å². The van der Waals surface area contributed by atoms with E-state index in [1.165, 1.54) is 32.8 Å². The Hall–Kier alpha value is -1.87. The lowest BCUT2D eigenvalue weighted by Crippen LogP contribution is -2.61. The molecule has 4 heterocycles. The Balaban J connectivity index is 1.10. The number of carbonyl (C=O) groups excluding carboxylic acids is 2. The Morgan fingerprint density at radius 2 is 1.29 bits per heavy atom. The maximum atomic E-state index is 12.0. The number of amides is 2. The Kier molecular flexibility index (Phi) is 7.01. The van der Waals surface area contributed by atoms with Gasteiger partial charge in [0.2, 0.25) is 11.8 Å². The first-order valence-electron chi connectivity index (χ1n) is 9.62. The number of nitrogens with zero attached hydrogens (tertiary/aromatic N) is 2. The Morgan fingerprint density at radius 3 is 1.65 bits per heavy atom. The first-order valence-corrected chi connectivity index (χ1v) is 12.7. The summed E-state index contributed by atoms with van der Waals surface area (Å²) in [6.07, 6.45) is 0.604. The van der Waals surface area contributed by atoms with Crippen LogP contribution in [0.3, 0.4) is 0 Å². The lowest BCUT2D eigenvalue weighted by atomic mass is 10.1. The van der Waals surface area contributed by atoms with Crippen LogP contribution in [0, 0.1) is 0 Å². The van der Waals surface area contributed by atoms with Crippen molar-refractivity contribution in [3.05, 3.63) is 44.8 Å². The fraction of sp³-hybridized carbons (Fsp3) is 0.444. The number of hydrogen-bond acceptors (Lipinski definition) is 10. The molecule has 2 aliphatic heterocycles. The van der Waals surface area contributed by atoms with Gasteiger partial charge in [-0.2, -0.15) is 27.1 Å². The standard InChI is InChI=1S/C18H22N4O6S3/c23-17(7-15-3-1-5-29-15)19-13-9-21(10-13)27-31(25,26)28-22-11-14(12-22)20-18(24)8-16-4-2-6-30-16/h1-6,13-14H,7-12H2,(H,19,23)(H,20,24). The highest BCUT2D eigenvalue weighted by Gasteiger charge is 2.37. The molecule has 31 heavy (non-hydrogen) atoms. The van der Waals surface area contributed by atoms with Crippen molar-refractivity contribution in [2.45, 2.75) is 24.9 Å². The lowest BCUT2D eigenvalue weighted by Gasteiger charge is -2.39. The van der Waals surface area contributed by atoms with Gasteiger partial charge in [0.15, 0.2) is 0 Å². The molecule has 0 aromatic carbocycles. The summed E-state index contributed by atoms with van der Waals surface area (Å²) in [5, 5.41) is 11.9. The van der Waals surface area contributed by atoms with E-state index in [-0.39, 0.29) is 50.1 Å². The third kappa shape index (κ3) is 6.55. The molecule has 0 atom stereocenters. The molecule has 2 aromatic rings. The van der Waals surface area contributed by atoms with Crippen LogP contribution in [0.15, 0.2) is 35.0 Å². The summed E-state index contributed by atoms with van der Waals surface area (Å²) in [6.45, 7) is 1.00. The van der Waals surface area contributed by atoms with Crippen molar-refractivity contribution in [2.24, 2.45) is 0 Å². The van der Waals surface area contributed by atoms with Gasteiger partial charge >= 0.3 is 10.4 Å². The van der Waals surface area contributed by atoms with E-state index >= 15 is 0 Å². The largest absolute Gasteiger partial charge is 0.432 e. The molecule has 2 aromatic heterocycles. The Labute approximate surface area is 188 Å². The molecule has 2 N–H and O–H groups in total. The van der Waals surface area contributed by atoms with Crippen molar-refractivity contribution in [3.63, 3.8) is 0 Å². The van der Waals surface area contributed by atoms with Gasteiger partial charge in [-0.1, -0.05) is 12.1 Å². The molecule has 0 unspecified atom stereocenters. The van der Waals surface area contributed by atoms with Gasteiger partial charge in [0.05, 0.1) is 24.9 Å². The number of hydrogen-bond donors (Lipinski definition) is 2. The summed E-state index contributed by atoms with van der Waals surface area (Å²) in [7, 11) is -4.26. The molecule has 13 heteroatoms. The van der Waals surface area contributed by atoms with Crippen LogP contribution in [0.1, 0.15) is 9.75 Å².